The third kappa shape index (κ3) is 5.10. The zero-order chi connectivity index (χ0) is 22.7. The number of sulfonamides is 1. The molecule has 0 saturated carbocycles. The number of hydrogen-bond donors (Lipinski definition) is 1. The number of nitrogens with zero attached hydrogens (tertiary/aromatic N) is 1. The molecule has 0 aromatic heterocycles. The van der Waals surface area contributed by atoms with E-state index >= 15 is 0 Å². The van der Waals surface area contributed by atoms with Crippen molar-refractivity contribution in [1.29, 1.82) is 0 Å². The van der Waals surface area contributed by atoms with Gasteiger partial charge in [-0.3, -0.25) is 4.79 Å². The summed E-state index contributed by atoms with van der Waals surface area (Å²) in [5.41, 5.74) is 3.11. The van der Waals surface area contributed by atoms with Crippen LogP contribution >= 0.6 is 0 Å². The Morgan fingerprint density at radius 1 is 1.06 bits per heavy atom. The number of nitrogens with one attached hydrogen (secondary N) is 1. The molecule has 1 saturated heterocycles. The zero-order valence-corrected chi connectivity index (χ0v) is 18.4. The lowest BCUT2D eigenvalue weighted by Gasteiger charge is -2.30. The molecule has 1 amide bonds. The van der Waals surface area contributed by atoms with Gasteiger partial charge in [0.2, 0.25) is 15.9 Å². The molecule has 1 aliphatic carbocycles. The lowest BCUT2D eigenvalue weighted by atomic mass is 9.97. The number of ether oxygens (including phenoxy) is 1. The van der Waals surface area contributed by atoms with Gasteiger partial charge in [-0.25, -0.2) is 8.42 Å². The highest BCUT2D eigenvalue weighted by atomic mass is 32.2. The number of benzene rings is 2. The van der Waals surface area contributed by atoms with Crippen LogP contribution in [0.3, 0.4) is 0 Å². The molecule has 2 aliphatic rings. The van der Waals surface area contributed by atoms with Crippen LogP contribution in [0.2, 0.25) is 0 Å². The molecule has 6 nitrogen and oxygen atoms in total. The van der Waals surface area contributed by atoms with E-state index in [1.807, 2.05) is 6.07 Å². The zero-order valence-electron chi connectivity index (χ0n) is 17.6. The second-order valence-electron chi connectivity index (χ2n) is 8.20. The van der Waals surface area contributed by atoms with Gasteiger partial charge in [0.15, 0.2) is 0 Å². The van der Waals surface area contributed by atoms with Crippen LogP contribution in [0.5, 0.6) is 5.75 Å². The lowest BCUT2D eigenvalue weighted by molar-refractivity contribution is -0.126. The Hall–Kier alpha value is -2.52. The standard InChI is InChI=1S/C23H26F2N2O4S/c24-23(25)31-20-7-4-16(5-8-20)15-26-22(28)18-10-12-27(13-11-18)32(29,30)21-9-6-17-2-1-3-19(17)14-21/h4-9,14,18,23H,1-3,10-13,15H2,(H,26,28). The van der Waals surface area contributed by atoms with Crippen LogP contribution in [0.1, 0.15) is 36.0 Å². The molecule has 0 unspecified atom stereocenters. The predicted molar refractivity (Wildman–Crippen MR) is 115 cm³/mol. The smallest absolute Gasteiger partial charge is 0.387 e. The molecule has 0 bridgehead atoms. The molecule has 1 fully saturated rings. The van der Waals surface area contributed by atoms with Crippen molar-refractivity contribution in [2.24, 2.45) is 5.92 Å². The van der Waals surface area contributed by atoms with E-state index in [1.165, 1.54) is 22.0 Å². The predicted octanol–water partition coefficient (Wildman–Crippen LogP) is 3.49. The van der Waals surface area contributed by atoms with Crippen LogP contribution in [0.25, 0.3) is 0 Å². The van der Waals surface area contributed by atoms with Crippen LogP contribution in [0.15, 0.2) is 47.4 Å². The maximum Gasteiger partial charge on any atom is 0.387 e. The fourth-order valence-corrected chi connectivity index (χ4v) is 5.86. The molecule has 4 rings (SSSR count). The molecule has 9 heteroatoms. The first-order valence-electron chi connectivity index (χ1n) is 10.8. The summed E-state index contributed by atoms with van der Waals surface area (Å²) in [6.45, 7) is -2.01. The summed E-state index contributed by atoms with van der Waals surface area (Å²) in [6.07, 6.45) is 3.90. The molecule has 32 heavy (non-hydrogen) atoms. The van der Waals surface area contributed by atoms with E-state index in [1.54, 1.807) is 24.3 Å². The molecule has 1 heterocycles. The molecule has 2 aromatic carbocycles. The Morgan fingerprint density at radius 2 is 1.75 bits per heavy atom. The van der Waals surface area contributed by atoms with Gasteiger partial charge < -0.3 is 10.1 Å². The molecular weight excluding hydrogens is 438 g/mol. The Kier molecular flexibility index (Phi) is 6.76. The Labute approximate surface area is 186 Å². The largest absolute Gasteiger partial charge is 0.435 e. The number of carbonyl (C=O) groups is 1. The third-order valence-electron chi connectivity index (χ3n) is 6.15. The van der Waals surface area contributed by atoms with Gasteiger partial charge in [0.05, 0.1) is 4.90 Å². The van der Waals surface area contributed by atoms with Gasteiger partial charge in [0.25, 0.3) is 0 Å². The second-order valence-corrected chi connectivity index (χ2v) is 10.1. The summed E-state index contributed by atoms with van der Waals surface area (Å²) in [7, 11) is -3.56. The van der Waals surface area contributed by atoms with Gasteiger partial charge in [-0.15, -0.1) is 0 Å². The van der Waals surface area contributed by atoms with Gasteiger partial charge in [-0.05, 0) is 73.1 Å². The summed E-state index contributed by atoms with van der Waals surface area (Å²) < 4.78 is 56.3. The maximum atomic E-state index is 13.0. The third-order valence-corrected chi connectivity index (χ3v) is 8.04. The van der Waals surface area contributed by atoms with Gasteiger partial charge in [-0.1, -0.05) is 18.2 Å². The topological polar surface area (TPSA) is 75.7 Å². The number of fused-ring (bicyclic) bond motifs is 1. The summed E-state index contributed by atoms with van der Waals surface area (Å²) in [6, 6.07) is 11.5. The quantitative estimate of drug-likeness (QED) is 0.681. The van der Waals surface area contributed by atoms with E-state index in [9.17, 15) is 22.0 Å². The van der Waals surface area contributed by atoms with Crippen LogP contribution in [-0.4, -0.2) is 38.3 Å². The van der Waals surface area contributed by atoms with Crippen molar-refractivity contribution < 1.29 is 26.7 Å². The molecule has 172 valence electrons. The summed E-state index contributed by atoms with van der Waals surface area (Å²) in [5, 5.41) is 2.85. The average Bonchev–Trinajstić information content (AvgIpc) is 3.26. The molecule has 0 spiro atoms. The number of halogens is 2. The fraction of sp³-hybridized carbons (Fsp3) is 0.435. The van der Waals surface area contributed by atoms with Crippen molar-refractivity contribution in [1.82, 2.24) is 9.62 Å². The highest BCUT2D eigenvalue weighted by Gasteiger charge is 2.32. The van der Waals surface area contributed by atoms with Crippen LogP contribution < -0.4 is 10.1 Å². The van der Waals surface area contributed by atoms with Gasteiger partial charge in [0.1, 0.15) is 5.75 Å². The van der Waals surface area contributed by atoms with E-state index in [2.05, 4.69) is 10.1 Å². The van der Waals surface area contributed by atoms with E-state index < -0.39 is 16.6 Å². The minimum atomic E-state index is -3.56. The Balaban J connectivity index is 1.29. The molecule has 0 radical (unpaired) electrons. The molecule has 0 atom stereocenters. The lowest BCUT2D eigenvalue weighted by Crippen LogP contribution is -2.42. The molecule has 1 aliphatic heterocycles. The summed E-state index contributed by atoms with van der Waals surface area (Å²) in [5.74, 6) is -0.331. The average molecular weight is 465 g/mol. The van der Waals surface area contributed by atoms with E-state index in [4.69, 9.17) is 0 Å². The number of aryl methyl sites for hydroxylation is 2. The van der Waals surface area contributed by atoms with Crippen LogP contribution in [-0.2, 0) is 34.2 Å². The number of alkyl halides is 2. The van der Waals surface area contributed by atoms with Gasteiger partial charge in [-0.2, -0.15) is 13.1 Å². The van der Waals surface area contributed by atoms with Crippen molar-refractivity contribution in [3.63, 3.8) is 0 Å². The van der Waals surface area contributed by atoms with E-state index in [0.29, 0.717) is 30.8 Å². The van der Waals surface area contributed by atoms with Crippen molar-refractivity contribution in [3.8, 4) is 5.75 Å². The first-order valence-corrected chi connectivity index (χ1v) is 12.2. The maximum absolute atomic E-state index is 13.0. The Bertz CT molecular complexity index is 1070. The first kappa shape index (κ1) is 22.7. The molecule has 1 N–H and O–H groups in total. The van der Waals surface area contributed by atoms with Gasteiger partial charge in [0, 0.05) is 25.6 Å². The number of piperidine rings is 1. The molecular formula is C23H26F2N2O4S. The number of carbonyl (C=O) groups excluding carboxylic acids is 1. The summed E-state index contributed by atoms with van der Waals surface area (Å²) in [4.78, 5) is 12.9. The molecule has 2 aromatic rings. The van der Waals surface area contributed by atoms with Crippen molar-refractivity contribution in [2.45, 2.75) is 50.2 Å². The van der Waals surface area contributed by atoms with Crippen LogP contribution in [0, 0.1) is 5.92 Å². The minimum absolute atomic E-state index is 0.0621. The minimum Gasteiger partial charge on any atom is -0.435 e. The van der Waals surface area contributed by atoms with E-state index in [-0.39, 0.29) is 24.1 Å². The highest BCUT2D eigenvalue weighted by Crippen LogP contribution is 2.28. The van der Waals surface area contributed by atoms with Gasteiger partial charge >= 0.3 is 6.61 Å². The number of amides is 1. The number of rotatable bonds is 7. The second kappa shape index (κ2) is 9.54. The fourth-order valence-electron chi connectivity index (χ4n) is 4.34. The van der Waals surface area contributed by atoms with Crippen molar-refractivity contribution in [3.05, 3.63) is 59.2 Å². The number of hydrogen-bond acceptors (Lipinski definition) is 4. The first-order chi connectivity index (χ1) is 15.3. The Morgan fingerprint density at radius 3 is 2.44 bits per heavy atom. The van der Waals surface area contributed by atoms with Crippen molar-refractivity contribution >= 4 is 15.9 Å². The normalized spacial score (nSPS) is 17.3. The van der Waals surface area contributed by atoms with E-state index in [0.717, 1.165) is 30.4 Å². The van der Waals surface area contributed by atoms with Crippen molar-refractivity contribution in [2.75, 3.05) is 13.1 Å². The SMILES string of the molecule is O=C(NCc1ccc(OC(F)F)cc1)C1CCN(S(=O)(=O)c2ccc3c(c2)CCC3)CC1. The highest BCUT2D eigenvalue weighted by molar-refractivity contribution is 7.89. The summed E-state index contributed by atoms with van der Waals surface area (Å²) >= 11 is 0. The monoisotopic (exact) mass is 464 g/mol. The van der Waals surface area contributed by atoms with Crippen LogP contribution in [0.4, 0.5) is 8.78 Å².